The molecule has 1 unspecified atom stereocenters. The van der Waals surface area contributed by atoms with Crippen LogP contribution in [0.3, 0.4) is 0 Å². The molecular weight excluding hydrogens is 363 g/mol. The summed E-state index contributed by atoms with van der Waals surface area (Å²) in [5.41, 5.74) is 1.68. The maximum Gasteiger partial charge on any atom is 0.409 e. The first-order valence-corrected chi connectivity index (χ1v) is 9.94. The van der Waals surface area contributed by atoms with E-state index in [1.54, 1.807) is 4.90 Å². The second-order valence-electron chi connectivity index (χ2n) is 8.01. The second kappa shape index (κ2) is 7.58. The fourth-order valence-electron chi connectivity index (χ4n) is 4.68. The lowest BCUT2D eigenvalue weighted by Gasteiger charge is -2.43. The van der Waals surface area contributed by atoms with Gasteiger partial charge in [-0.05, 0) is 38.3 Å². The van der Waals surface area contributed by atoms with Crippen molar-refractivity contribution < 1.29 is 13.9 Å². The van der Waals surface area contributed by atoms with E-state index >= 15 is 0 Å². The number of benzene rings is 1. The van der Waals surface area contributed by atoms with E-state index in [4.69, 9.17) is 4.74 Å². The molecule has 2 aliphatic heterocycles. The highest BCUT2D eigenvalue weighted by molar-refractivity contribution is 5.75. The summed E-state index contributed by atoms with van der Waals surface area (Å²) in [7, 11) is 0. The maximum atomic E-state index is 12.5. The summed E-state index contributed by atoms with van der Waals surface area (Å²) in [4.78, 5) is 31.5. The molecule has 1 aromatic carbocycles. The van der Waals surface area contributed by atoms with E-state index in [1.807, 2.05) is 28.8 Å². The number of imidazole rings is 1. The van der Waals surface area contributed by atoms with Crippen molar-refractivity contribution in [3.8, 4) is 0 Å². The van der Waals surface area contributed by atoms with Crippen LogP contribution in [-0.2, 0) is 4.74 Å². The molecule has 2 saturated heterocycles. The molecule has 152 valence electrons. The lowest BCUT2D eigenvalue weighted by molar-refractivity contribution is 0.0621. The third-order valence-corrected chi connectivity index (χ3v) is 6.23. The van der Waals surface area contributed by atoms with Crippen molar-refractivity contribution in [2.75, 3.05) is 39.5 Å². The van der Waals surface area contributed by atoms with Gasteiger partial charge in [0.25, 0.3) is 0 Å². The Bertz CT molecular complexity index is 902. The number of para-hydroxylation sites is 2. The van der Waals surface area contributed by atoms with Gasteiger partial charge in [0.05, 0.1) is 11.0 Å². The van der Waals surface area contributed by atoms with Gasteiger partial charge >= 0.3 is 11.8 Å². The number of carbonyl (C=O) groups excluding carboxylic acids is 1. The van der Waals surface area contributed by atoms with Crippen LogP contribution in [0, 0.1) is 0 Å². The van der Waals surface area contributed by atoms with Crippen LogP contribution >= 0.6 is 0 Å². The average molecular weight is 390 g/mol. The van der Waals surface area contributed by atoms with Crippen molar-refractivity contribution >= 4 is 17.1 Å². The molecule has 1 atom stereocenters. The van der Waals surface area contributed by atoms with Gasteiger partial charge in [-0.2, -0.15) is 0 Å². The molecule has 2 aliphatic rings. The molecule has 28 heavy (non-hydrogen) atoms. The van der Waals surface area contributed by atoms with Crippen LogP contribution in [0.1, 0.15) is 32.2 Å². The molecule has 2 aromatic rings. The van der Waals surface area contributed by atoms with Gasteiger partial charge in [0.15, 0.2) is 0 Å². The summed E-state index contributed by atoms with van der Waals surface area (Å²) >= 11 is 0. The molecule has 1 N–H and O–H groups in total. The number of halogens is 1. The van der Waals surface area contributed by atoms with Gasteiger partial charge in [-0.25, -0.2) is 14.0 Å². The van der Waals surface area contributed by atoms with Crippen LogP contribution in [0.4, 0.5) is 9.18 Å². The lowest BCUT2D eigenvalue weighted by atomic mass is 9.94. The molecule has 1 aromatic heterocycles. The fraction of sp³-hybridized carbons (Fsp3) is 0.600. The largest absolute Gasteiger partial charge is 0.447 e. The number of nitrogens with one attached hydrogen (secondary N) is 1. The predicted molar refractivity (Wildman–Crippen MR) is 104 cm³/mol. The van der Waals surface area contributed by atoms with Crippen molar-refractivity contribution in [1.82, 2.24) is 19.4 Å². The van der Waals surface area contributed by atoms with Crippen molar-refractivity contribution in [2.45, 2.75) is 37.8 Å². The molecule has 0 radical (unpaired) electrons. The lowest BCUT2D eigenvalue weighted by Crippen LogP contribution is -2.52. The van der Waals surface area contributed by atoms with E-state index in [1.165, 1.54) is 0 Å². The number of fused-ring (bicyclic) bond motifs is 1. The number of ether oxygens (including phenoxy) is 1. The zero-order chi connectivity index (χ0) is 19.7. The van der Waals surface area contributed by atoms with Crippen molar-refractivity contribution in [2.24, 2.45) is 0 Å². The topological polar surface area (TPSA) is 70.6 Å². The number of likely N-dealkylation sites (tertiary alicyclic amines) is 2. The van der Waals surface area contributed by atoms with E-state index in [2.05, 4.69) is 16.8 Å². The molecule has 0 spiro atoms. The highest BCUT2D eigenvalue weighted by atomic mass is 19.1. The molecule has 0 aliphatic carbocycles. The number of aromatic nitrogens is 2. The predicted octanol–water partition coefficient (Wildman–Crippen LogP) is 2.54. The molecule has 8 heteroatoms. The Balaban J connectivity index is 1.41. The summed E-state index contributed by atoms with van der Waals surface area (Å²) in [6.07, 6.45) is 2.23. The molecule has 3 heterocycles. The third kappa shape index (κ3) is 3.41. The number of hydrogen-bond acceptors (Lipinski definition) is 4. The Hall–Kier alpha value is -2.35. The van der Waals surface area contributed by atoms with Crippen LogP contribution < -0.4 is 5.69 Å². The summed E-state index contributed by atoms with van der Waals surface area (Å²) in [5.74, 6) is 0. The van der Waals surface area contributed by atoms with Gasteiger partial charge in [0, 0.05) is 37.8 Å². The zero-order valence-corrected chi connectivity index (χ0v) is 16.2. The quantitative estimate of drug-likeness (QED) is 0.871. The van der Waals surface area contributed by atoms with E-state index < -0.39 is 12.8 Å². The number of carbonyl (C=O) groups is 1. The van der Waals surface area contributed by atoms with E-state index in [-0.39, 0.29) is 23.9 Å². The third-order valence-electron chi connectivity index (χ3n) is 6.23. The van der Waals surface area contributed by atoms with Gasteiger partial charge in [-0.1, -0.05) is 12.1 Å². The molecule has 7 nitrogen and oxygen atoms in total. The Morgan fingerprint density at radius 2 is 2.04 bits per heavy atom. The van der Waals surface area contributed by atoms with E-state index in [0.29, 0.717) is 13.1 Å². The standard InChI is InChI=1S/C20H27FN4O3/c1-20(8-12-23(14-20)19(27)28-13-9-21)24-10-6-15(7-11-24)25-17-5-3-2-4-16(17)22-18(25)26/h2-5,15H,6-14H2,1H3,(H,22,26). The van der Waals surface area contributed by atoms with E-state index in [9.17, 15) is 14.0 Å². The maximum absolute atomic E-state index is 12.5. The van der Waals surface area contributed by atoms with Crippen LogP contribution in [0.5, 0.6) is 0 Å². The highest BCUT2D eigenvalue weighted by Crippen LogP contribution is 2.33. The molecule has 0 bridgehead atoms. The van der Waals surface area contributed by atoms with Crippen LogP contribution in [0.2, 0.25) is 0 Å². The second-order valence-corrected chi connectivity index (χ2v) is 8.01. The average Bonchev–Trinajstić information content (AvgIpc) is 3.26. The molecule has 0 saturated carbocycles. The highest BCUT2D eigenvalue weighted by Gasteiger charge is 2.42. The number of aromatic amines is 1. The van der Waals surface area contributed by atoms with Gasteiger partial charge < -0.3 is 14.6 Å². The van der Waals surface area contributed by atoms with Crippen LogP contribution in [0.25, 0.3) is 11.0 Å². The Kier molecular flexibility index (Phi) is 5.14. The Morgan fingerprint density at radius 3 is 2.79 bits per heavy atom. The first kappa shape index (κ1) is 19.0. The van der Waals surface area contributed by atoms with Crippen LogP contribution in [-0.4, -0.2) is 70.4 Å². The number of nitrogens with zero attached hydrogens (tertiary/aromatic N) is 3. The van der Waals surface area contributed by atoms with E-state index in [0.717, 1.165) is 43.4 Å². The zero-order valence-electron chi connectivity index (χ0n) is 16.2. The number of piperidine rings is 1. The van der Waals surface area contributed by atoms with Crippen LogP contribution in [0.15, 0.2) is 29.1 Å². The molecule has 2 fully saturated rings. The molecule has 1 amide bonds. The number of hydrogen-bond donors (Lipinski definition) is 1. The minimum Gasteiger partial charge on any atom is -0.447 e. The smallest absolute Gasteiger partial charge is 0.409 e. The summed E-state index contributed by atoms with van der Waals surface area (Å²) in [6.45, 7) is 4.31. The minimum absolute atomic E-state index is 0.0477. The first-order valence-electron chi connectivity index (χ1n) is 9.94. The van der Waals surface area contributed by atoms with Gasteiger partial charge in [0.2, 0.25) is 0 Å². The molecular formula is C20H27FN4O3. The summed E-state index contributed by atoms with van der Waals surface area (Å²) in [5, 5.41) is 0. The fourth-order valence-corrected chi connectivity index (χ4v) is 4.68. The number of H-pyrrole nitrogens is 1. The SMILES string of the molecule is CC1(N2CCC(n3c(=O)[nH]c4ccccc43)CC2)CCN(C(=O)OCCF)C1. The number of rotatable bonds is 4. The van der Waals surface area contributed by atoms with Gasteiger partial charge in [-0.15, -0.1) is 0 Å². The summed E-state index contributed by atoms with van der Waals surface area (Å²) < 4.78 is 19.1. The van der Waals surface area contributed by atoms with Gasteiger partial charge in [-0.3, -0.25) is 9.47 Å². The number of alkyl halides is 1. The van der Waals surface area contributed by atoms with Gasteiger partial charge in [0.1, 0.15) is 13.3 Å². The number of amides is 1. The monoisotopic (exact) mass is 390 g/mol. The van der Waals surface area contributed by atoms with Crippen molar-refractivity contribution in [3.05, 3.63) is 34.7 Å². The molecule has 4 rings (SSSR count). The Morgan fingerprint density at radius 1 is 1.29 bits per heavy atom. The summed E-state index contributed by atoms with van der Waals surface area (Å²) in [6, 6.07) is 7.97. The Labute approximate surface area is 163 Å². The van der Waals surface area contributed by atoms with Crippen molar-refractivity contribution in [3.63, 3.8) is 0 Å². The van der Waals surface area contributed by atoms with Crippen molar-refractivity contribution in [1.29, 1.82) is 0 Å². The first-order chi connectivity index (χ1) is 13.5. The normalized spacial score (nSPS) is 24.1. The minimum atomic E-state index is -0.655.